The fraction of sp³-hybridized carbons (Fsp3) is 0.417. The van der Waals surface area contributed by atoms with Gasteiger partial charge in [0.05, 0.1) is 11.0 Å². The van der Waals surface area contributed by atoms with Crippen LogP contribution < -0.4 is 5.73 Å². The summed E-state index contributed by atoms with van der Waals surface area (Å²) in [4.78, 5) is 10.2. The van der Waals surface area contributed by atoms with Crippen molar-refractivity contribution < 1.29 is 24.0 Å². The zero-order chi connectivity index (χ0) is 18.4. The van der Waals surface area contributed by atoms with E-state index < -0.39 is 24.1 Å². The molecule has 0 aliphatic rings. The van der Waals surface area contributed by atoms with E-state index in [1.165, 1.54) is 0 Å². The van der Waals surface area contributed by atoms with Crippen LogP contribution in [0.25, 0.3) is 5.69 Å². The van der Waals surface area contributed by atoms with Gasteiger partial charge in [-0.3, -0.25) is 10.1 Å². The number of nitrogens with zero attached hydrogens (tertiary/aromatic N) is 5. The normalized spacial score (nSPS) is 11.7. The van der Waals surface area contributed by atoms with E-state index >= 15 is 0 Å². The summed E-state index contributed by atoms with van der Waals surface area (Å²) in [7, 11) is -1.82. The molecule has 1 aromatic heterocycles. The second-order valence-electron chi connectivity index (χ2n) is 5.14. The van der Waals surface area contributed by atoms with Crippen molar-refractivity contribution in [2.75, 3.05) is 6.61 Å². The van der Waals surface area contributed by atoms with E-state index in [9.17, 15) is 14.5 Å². The maximum atomic E-state index is 14.0. The Bertz CT molecular complexity index is 736. The number of rotatable bonds is 9. The first kappa shape index (κ1) is 21.9. The molecule has 1 unspecified atom stereocenters. The third-order valence-corrected chi connectivity index (χ3v) is 3.37. The Balaban J connectivity index is 0.00000338. The van der Waals surface area contributed by atoms with Gasteiger partial charge >= 0.3 is 7.32 Å². The molecule has 14 heteroatoms. The standard InChI is InChI=1S/C12H16BFN6O5.ClH/c14-9-5-4-8(20(23)24)7-11(9)19-12(16-17-18-19)10(15)3-1-2-6-25-13(21)22;/h4-5,7,10,21-22H,1-3,6,15H2;1H. The molecule has 0 aliphatic carbocycles. The van der Waals surface area contributed by atoms with Crippen LogP contribution in [0, 0.1) is 15.9 Å². The molecule has 1 aromatic carbocycles. The van der Waals surface area contributed by atoms with E-state index in [0.717, 1.165) is 22.9 Å². The van der Waals surface area contributed by atoms with Crippen LogP contribution in [0.5, 0.6) is 0 Å². The molecule has 0 aliphatic heterocycles. The lowest BCUT2D eigenvalue weighted by Crippen LogP contribution is -2.19. The molecule has 0 bridgehead atoms. The minimum Gasteiger partial charge on any atom is -0.402 e. The Hall–Kier alpha value is -2.19. The molecule has 0 radical (unpaired) electrons. The first-order valence-corrected chi connectivity index (χ1v) is 7.36. The van der Waals surface area contributed by atoms with E-state index in [1.807, 2.05) is 0 Å². The molecule has 1 heterocycles. The fourth-order valence-electron chi connectivity index (χ4n) is 2.16. The molecule has 2 rings (SSSR count). The number of nitro groups is 1. The summed E-state index contributed by atoms with van der Waals surface area (Å²) in [5.74, 6) is -0.570. The monoisotopic (exact) mass is 390 g/mol. The van der Waals surface area contributed by atoms with Crippen LogP contribution >= 0.6 is 12.4 Å². The summed E-state index contributed by atoms with van der Waals surface area (Å²) in [6.07, 6.45) is 1.50. The third kappa shape index (κ3) is 5.67. The van der Waals surface area contributed by atoms with Gasteiger partial charge in [-0.15, -0.1) is 17.5 Å². The number of benzene rings is 1. The number of halogens is 2. The predicted octanol–water partition coefficient (Wildman–Crippen LogP) is 0.288. The molecular weight excluding hydrogens is 373 g/mol. The van der Waals surface area contributed by atoms with Crippen molar-refractivity contribution in [2.24, 2.45) is 5.73 Å². The second kappa shape index (κ2) is 10.1. The Labute approximate surface area is 153 Å². The number of nitro benzene ring substituents is 1. The number of non-ortho nitro benzene ring substituents is 1. The largest absolute Gasteiger partial charge is 0.633 e. The molecule has 4 N–H and O–H groups in total. The van der Waals surface area contributed by atoms with Crippen LogP contribution in [-0.2, 0) is 4.65 Å². The number of aromatic nitrogens is 4. The summed E-state index contributed by atoms with van der Waals surface area (Å²) < 4.78 is 19.6. The molecule has 0 spiro atoms. The van der Waals surface area contributed by atoms with Crippen molar-refractivity contribution in [3.8, 4) is 5.69 Å². The minimum absolute atomic E-state index is 0. The number of tetrazole rings is 1. The number of hydrogen-bond donors (Lipinski definition) is 3. The second-order valence-corrected chi connectivity index (χ2v) is 5.14. The Morgan fingerprint density at radius 1 is 1.42 bits per heavy atom. The zero-order valence-electron chi connectivity index (χ0n) is 13.4. The van der Waals surface area contributed by atoms with Gasteiger partial charge in [-0.25, -0.2) is 4.39 Å². The maximum Gasteiger partial charge on any atom is 0.633 e. The number of hydrogen-bond acceptors (Lipinski definition) is 9. The SMILES string of the molecule is Cl.NC(CCCCOB(O)O)c1nnnn1-c1cc([N+](=O)[O-])ccc1F. The van der Waals surface area contributed by atoms with Crippen LogP contribution in [0.3, 0.4) is 0 Å². The molecule has 2 aromatic rings. The van der Waals surface area contributed by atoms with Crippen LogP contribution in [0.4, 0.5) is 10.1 Å². The van der Waals surface area contributed by atoms with Crippen molar-refractivity contribution in [1.82, 2.24) is 20.2 Å². The lowest BCUT2D eigenvalue weighted by molar-refractivity contribution is -0.384. The summed E-state index contributed by atoms with van der Waals surface area (Å²) in [5.41, 5.74) is 5.54. The van der Waals surface area contributed by atoms with E-state index in [-0.39, 0.29) is 36.2 Å². The molecule has 142 valence electrons. The lowest BCUT2D eigenvalue weighted by atomic mass is 10.1. The fourth-order valence-corrected chi connectivity index (χ4v) is 2.16. The van der Waals surface area contributed by atoms with Crippen LogP contribution in [0.15, 0.2) is 18.2 Å². The van der Waals surface area contributed by atoms with Gasteiger partial charge in [0, 0.05) is 18.7 Å². The average Bonchev–Trinajstić information content (AvgIpc) is 3.03. The van der Waals surface area contributed by atoms with Crippen LogP contribution in [0.1, 0.15) is 31.1 Å². The lowest BCUT2D eigenvalue weighted by Gasteiger charge is -2.12. The number of unbranched alkanes of at least 4 members (excludes halogenated alkanes) is 1. The van der Waals surface area contributed by atoms with Crippen LogP contribution in [0.2, 0.25) is 0 Å². The summed E-state index contributed by atoms with van der Waals surface area (Å²) >= 11 is 0. The van der Waals surface area contributed by atoms with Gasteiger partial charge in [-0.1, -0.05) is 0 Å². The Morgan fingerprint density at radius 2 is 2.15 bits per heavy atom. The van der Waals surface area contributed by atoms with Gasteiger partial charge < -0.3 is 20.4 Å². The molecule has 11 nitrogen and oxygen atoms in total. The highest BCUT2D eigenvalue weighted by molar-refractivity contribution is 6.32. The quantitative estimate of drug-likeness (QED) is 0.236. The van der Waals surface area contributed by atoms with E-state index in [0.29, 0.717) is 19.3 Å². The maximum absolute atomic E-state index is 14.0. The van der Waals surface area contributed by atoms with Gasteiger partial charge in [0.1, 0.15) is 11.5 Å². The van der Waals surface area contributed by atoms with Gasteiger partial charge in [0.25, 0.3) is 5.69 Å². The predicted molar refractivity (Wildman–Crippen MR) is 89.9 cm³/mol. The van der Waals surface area contributed by atoms with E-state index in [1.54, 1.807) is 0 Å². The summed E-state index contributed by atoms with van der Waals surface area (Å²) in [6.45, 7) is 0.134. The zero-order valence-corrected chi connectivity index (χ0v) is 14.3. The highest BCUT2D eigenvalue weighted by atomic mass is 35.5. The molecular formula is C12H17BClFN6O5. The Kier molecular flexibility index (Phi) is 8.48. The molecule has 0 fully saturated rings. The summed E-state index contributed by atoms with van der Waals surface area (Å²) in [6, 6.07) is 2.38. The first-order valence-electron chi connectivity index (χ1n) is 7.36. The van der Waals surface area contributed by atoms with Crippen molar-refractivity contribution in [3.05, 3.63) is 40.0 Å². The highest BCUT2D eigenvalue weighted by Gasteiger charge is 2.20. The van der Waals surface area contributed by atoms with E-state index in [2.05, 4.69) is 20.2 Å². The number of nitrogens with two attached hydrogens (primary N) is 1. The first-order chi connectivity index (χ1) is 11.9. The van der Waals surface area contributed by atoms with Gasteiger partial charge in [0.15, 0.2) is 5.82 Å². The van der Waals surface area contributed by atoms with Gasteiger partial charge in [0.2, 0.25) is 0 Å². The van der Waals surface area contributed by atoms with Crippen molar-refractivity contribution in [3.63, 3.8) is 0 Å². The minimum atomic E-state index is -1.82. The van der Waals surface area contributed by atoms with Crippen molar-refractivity contribution >= 4 is 25.4 Å². The van der Waals surface area contributed by atoms with Crippen LogP contribution in [-0.4, -0.2) is 49.1 Å². The van der Waals surface area contributed by atoms with Crippen molar-refractivity contribution in [2.45, 2.75) is 25.3 Å². The average molecular weight is 391 g/mol. The van der Waals surface area contributed by atoms with Gasteiger partial charge in [-0.2, -0.15) is 4.68 Å². The summed E-state index contributed by atoms with van der Waals surface area (Å²) in [5, 5.41) is 38.8. The molecule has 1 atom stereocenters. The topological polar surface area (TPSA) is 162 Å². The molecule has 0 amide bonds. The van der Waals surface area contributed by atoms with Gasteiger partial charge in [-0.05, 0) is 35.8 Å². The molecule has 0 saturated heterocycles. The molecule has 0 saturated carbocycles. The third-order valence-electron chi connectivity index (χ3n) is 3.37. The van der Waals surface area contributed by atoms with E-state index in [4.69, 9.17) is 15.8 Å². The van der Waals surface area contributed by atoms with Crippen molar-refractivity contribution in [1.29, 1.82) is 0 Å². The highest BCUT2D eigenvalue weighted by Crippen LogP contribution is 2.23. The smallest absolute Gasteiger partial charge is 0.402 e. The Morgan fingerprint density at radius 3 is 2.81 bits per heavy atom. The molecule has 26 heavy (non-hydrogen) atoms.